The minimum absolute atomic E-state index is 0.306. The van der Waals surface area contributed by atoms with E-state index in [0.717, 1.165) is 0 Å². The maximum Gasteiger partial charge on any atom is 0.261 e. The number of hydrogen-bond acceptors (Lipinski definition) is 3. The first-order chi connectivity index (χ1) is 10.4. The molecule has 0 aromatic heterocycles. The number of benzene rings is 2. The summed E-state index contributed by atoms with van der Waals surface area (Å²) in [5.41, 5.74) is -0.833. The number of carbonyl (C=O) groups is 2. The number of hydrogen-bond donors (Lipinski definition) is 2. The lowest BCUT2D eigenvalue weighted by molar-refractivity contribution is -0.133. The second-order valence-electron chi connectivity index (χ2n) is 5.11. The normalized spacial score (nSPS) is 19.7. The fraction of sp³-hybridized carbons (Fsp3) is 0.125. The van der Waals surface area contributed by atoms with E-state index in [4.69, 9.17) is 23.2 Å². The summed E-state index contributed by atoms with van der Waals surface area (Å²) in [6.45, 7) is 0. The van der Waals surface area contributed by atoms with Gasteiger partial charge in [0.25, 0.3) is 5.91 Å². The molecule has 0 spiro atoms. The Morgan fingerprint density at radius 3 is 2.59 bits per heavy atom. The van der Waals surface area contributed by atoms with Crippen molar-refractivity contribution < 1.29 is 14.7 Å². The molecule has 1 aliphatic rings. The van der Waals surface area contributed by atoms with Crippen molar-refractivity contribution in [2.75, 3.05) is 5.32 Å². The number of nitrogens with one attached hydrogen (secondary N) is 1. The van der Waals surface area contributed by atoms with Crippen LogP contribution < -0.4 is 5.32 Å². The number of rotatable bonds is 3. The molecule has 0 bridgehead atoms. The second-order valence-corrected chi connectivity index (χ2v) is 5.99. The van der Waals surface area contributed by atoms with Crippen LogP contribution in [0.5, 0.6) is 0 Å². The van der Waals surface area contributed by atoms with Gasteiger partial charge in [0.2, 0.25) is 0 Å². The fourth-order valence-corrected chi connectivity index (χ4v) is 2.85. The van der Waals surface area contributed by atoms with Crippen LogP contribution >= 0.6 is 23.2 Å². The Labute approximate surface area is 136 Å². The van der Waals surface area contributed by atoms with E-state index in [-0.39, 0.29) is 12.2 Å². The van der Waals surface area contributed by atoms with Crippen molar-refractivity contribution in [3.05, 3.63) is 63.6 Å². The van der Waals surface area contributed by atoms with Gasteiger partial charge in [-0.25, -0.2) is 0 Å². The van der Waals surface area contributed by atoms with Gasteiger partial charge < -0.3 is 10.4 Å². The van der Waals surface area contributed by atoms with Crippen LogP contribution in [0.15, 0.2) is 42.5 Å². The number of halogens is 2. The second kappa shape index (κ2) is 5.39. The average Bonchev–Trinajstić information content (AvgIpc) is 2.71. The van der Waals surface area contributed by atoms with Gasteiger partial charge in [-0.05, 0) is 30.3 Å². The van der Waals surface area contributed by atoms with Gasteiger partial charge >= 0.3 is 0 Å². The smallest absolute Gasteiger partial charge is 0.261 e. The molecule has 2 aromatic carbocycles. The molecule has 0 saturated carbocycles. The Kier molecular flexibility index (Phi) is 3.68. The lowest BCUT2D eigenvalue weighted by atomic mass is 9.88. The molecule has 3 rings (SSSR count). The van der Waals surface area contributed by atoms with Crippen LogP contribution in [0.25, 0.3) is 0 Å². The van der Waals surface area contributed by atoms with E-state index >= 15 is 0 Å². The van der Waals surface area contributed by atoms with Crippen molar-refractivity contribution >= 4 is 40.6 Å². The highest BCUT2D eigenvalue weighted by atomic mass is 35.5. The quantitative estimate of drug-likeness (QED) is 0.844. The van der Waals surface area contributed by atoms with E-state index in [9.17, 15) is 14.7 Å². The molecule has 1 amide bonds. The van der Waals surface area contributed by atoms with Crippen molar-refractivity contribution in [1.82, 2.24) is 0 Å². The summed E-state index contributed by atoms with van der Waals surface area (Å²) >= 11 is 11.8. The molecule has 0 saturated heterocycles. The highest BCUT2D eigenvalue weighted by Gasteiger charge is 2.46. The first kappa shape index (κ1) is 15.0. The molecule has 6 heteroatoms. The van der Waals surface area contributed by atoms with Crippen LogP contribution in [0.1, 0.15) is 22.3 Å². The Bertz CT molecular complexity index is 791. The summed E-state index contributed by atoms with van der Waals surface area (Å²) in [6.07, 6.45) is -0.382. The molecule has 0 aliphatic carbocycles. The molecule has 2 N–H and O–H groups in total. The number of ketones is 1. The number of amides is 1. The molecule has 1 atom stereocenters. The van der Waals surface area contributed by atoms with E-state index in [1.54, 1.807) is 30.3 Å². The maximum atomic E-state index is 12.4. The zero-order valence-corrected chi connectivity index (χ0v) is 12.8. The minimum atomic E-state index is -1.93. The molecule has 0 fully saturated rings. The van der Waals surface area contributed by atoms with Crippen LogP contribution in [0.4, 0.5) is 5.69 Å². The molecule has 2 aromatic rings. The maximum absolute atomic E-state index is 12.4. The van der Waals surface area contributed by atoms with Gasteiger partial charge in [0.05, 0.1) is 6.42 Å². The molecular formula is C16H11Cl2NO3. The van der Waals surface area contributed by atoms with E-state index in [0.29, 0.717) is 26.9 Å². The van der Waals surface area contributed by atoms with Gasteiger partial charge in [0.15, 0.2) is 11.4 Å². The van der Waals surface area contributed by atoms with Gasteiger partial charge in [-0.1, -0.05) is 35.3 Å². The largest absolute Gasteiger partial charge is 0.375 e. The molecular weight excluding hydrogens is 325 g/mol. The van der Waals surface area contributed by atoms with Crippen molar-refractivity contribution in [3.8, 4) is 0 Å². The van der Waals surface area contributed by atoms with Gasteiger partial charge in [0, 0.05) is 26.9 Å². The molecule has 4 nitrogen and oxygen atoms in total. The lowest BCUT2D eigenvalue weighted by Crippen LogP contribution is -2.36. The predicted molar refractivity (Wildman–Crippen MR) is 84.4 cm³/mol. The van der Waals surface area contributed by atoms with Crippen LogP contribution in [0.3, 0.4) is 0 Å². The van der Waals surface area contributed by atoms with E-state index in [2.05, 4.69) is 5.32 Å². The Morgan fingerprint density at radius 1 is 1.14 bits per heavy atom. The lowest BCUT2D eigenvalue weighted by Gasteiger charge is -2.20. The summed E-state index contributed by atoms with van der Waals surface area (Å²) in [7, 11) is 0. The van der Waals surface area contributed by atoms with Gasteiger partial charge in [-0.15, -0.1) is 0 Å². The van der Waals surface area contributed by atoms with Crippen molar-refractivity contribution in [2.24, 2.45) is 0 Å². The molecule has 1 heterocycles. The number of Topliss-reactive ketones (excluding diaryl/α,β-unsaturated/α-hetero) is 1. The summed E-state index contributed by atoms with van der Waals surface area (Å²) in [5.74, 6) is -1.02. The zero-order valence-electron chi connectivity index (χ0n) is 11.3. The average molecular weight is 336 g/mol. The van der Waals surface area contributed by atoms with Gasteiger partial charge in [-0.2, -0.15) is 0 Å². The van der Waals surface area contributed by atoms with Gasteiger partial charge in [-0.3, -0.25) is 9.59 Å². The fourth-order valence-electron chi connectivity index (χ4n) is 2.49. The summed E-state index contributed by atoms with van der Waals surface area (Å²) in [6, 6.07) is 11.1. The SMILES string of the molecule is O=C(CC1(O)C(=O)Nc2ccc(Cl)cc21)c1cccc(Cl)c1. The first-order valence-corrected chi connectivity index (χ1v) is 7.28. The number of fused-ring (bicyclic) bond motifs is 1. The van der Waals surface area contributed by atoms with Crippen LogP contribution in [0.2, 0.25) is 10.0 Å². The van der Waals surface area contributed by atoms with E-state index < -0.39 is 11.5 Å². The molecule has 1 unspecified atom stereocenters. The van der Waals surface area contributed by atoms with E-state index in [1.165, 1.54) is 12.1 Å². The highest BCUT2D eigenvalue weighted by molar-refractivity contribution is 6.31. The first-order valence-electron chi connectivity index (χ1n) is 6.53. The zero-order chi connectivity index (χ0) is 15.9. The number of aliphatic hydroxyl groups is 1. The molecule has 22 heavy (non-hydrogen) atoms. The summed E-state index contributed by atoms with van der Waals surface area (Å²) in [4.78, 5) is 24.5. The Balaban J connectivity index is 1.96. The number of carbonyl (C=O) groups excluding carboxylic acids is 2. The van der Waals surface area contributed by atoms with Crippen LogP contribution in [-0.2, 0) is 10.4 Å². The molecule has 112 valence electrons. The van der Waals surface area contributed by atoms with E-state index in [1.807, 2.05) is 0 Å². The van der Waals surface area contributed by atoms with Gasteiger partial charge in [0.1, 0.15) is 0 Å². The van der Waals surface area contributed by atoms with Crippen LogP contribution in [-0.4, -0.2) is 16.8 Å². The topological polar surface area (TPSA) is 66.4 Å². The third kappa shape index (κ3) is 2.50. The number of anilines is 1. The standard InChI is InChI=1S/C16H11Cl2NO3/c17-10-3-1-2-9(6-10)14(20)8-16(22)12-7-11(18)4-5-13(12)19-15(16)21/h1-7,22H,8H2,(H,19,21). The van der Waals surface area contributed by atoms with Crippen molar-refractivity contribution in [3.63, 3.8) is 0 Å². The summed E-state index contributed by atoms with van der Waals surface area (Å²) in [5, 5.41) is 14.1. The Morgan fingerprint density at radius 2 is 1.86 bits per heavy atom. The third-order valence-corrected chi connectivity index (χ3v) is 4.08. The molecule has 1 aliphatic heterocycles. The third-order valence-electron chi connectivity index (χ3n) is 3.61. The molecule has 0 radical (unpaired) electrons. The highest BCUT2D eigenvalue weighted by Crippen LogP contribution is 2.40. The monoisotopic (exact) mass is 335 g/mol. The summed E-state index contributed by atoms with van der Waals surface area (Å²) < 4.78 is 0. The van der Waals surface area contributed by atoms with Crippen LogP contribution in [0, 0.1) is 0 Å². The van der Waals surface area contributed by atoms with Crippen molar-refractivity contribution in [1.29, 1.82) is 0 Å². The van der Waals surface area contributed by atoms with Crippen molar-refractivity contribution in [2.45, 2.75) is 12.0 Å². The Hall–Kier alpha value is -1.88. The minimum Gasteiger partial charge on any atom is -0.375 e. The predicted octanol–water partition coefficient (Wildman–Crippen LogP) is 3.41.